The van der Waals surface area contributed by atoms with Gasteiger partial charge in [0.2, 0.25) is 5.95 Å². The van der Waals surface area contributed by atoms with Crippen LogP contribution in [0.25, 0.3) is 28.0 Å². The summed E-state index contributed by atoms with van der Waals surface area (Å²) in [5.74, 6) is 1.70. The van der Waals surface area contributed by atoms with Gasteiger partial charge in [-0.3, -0.25) is 4.40 Å². The molecule has 3 aromatic heterocycles. The van der Waals surface area contributed by atoms with E-state index in [9.17, 15) is 5.26 Å². The minimum absolute atomic E-state index is 0.587. The molecular weight excluding hydrogens is 424 g/mol. The molecule has 0 aliphatic carbocycles. The fourth-order valence-electron chi connectivity index (χ4n) is 4.64. The van der Waals surface area contributed by atoms with Crippen molar-refractivity contribution in [3.05, 3.63) is 60.6 Å². The van der Waals surface area contributed by atoms with Gasteiger partial charge in [0, 0.05) is 55.9 Å². The van der Waals surface area contributed by atoms with Gasteiger partial charge in [0.25, 0.3) is 0 Å². The number of hydrogen-bond acceptors (Lipinski definition) is 7. The fourth-order valence-corrected chi connectivity index (χ4v) is 4.64. The number of piperidine rings is 1. The molecule has 8 nitrogen and oxygen atoms in total. The highest BCUT2D eigenvalue weighted by Crippen LogP contribution is 2.36. The van der Waals surface area contributed by atoms with Crippen LogP contribution >= 0.6 is 0 Å². The average molecular weight is 453 g/mol. The van der Waals surface area contributed by atoms with Crippen molar-refractivity contribution in [1.29, 1.82) is 5.26 Å². The summed E-state index contributed by atoms with van der Waals surface area (Å²) in [5.41, 5.74) is 5.13. The second-order valence-corrected chi connectivity index (χ2v) is 8.81. The van der Waals surface area contributed by atoms with Gasteiger partial charge in [0.15, 0.2) is 0 Å². The topological polar surface area (TPSA) is 85.4 Å². The van der Waals surface area contributed by atoms with E-state index in [1.54, 1.807) is 0 Å². The maximum atomic E-state index is 9.27. The van der Waals surface area contributed by atoms with E-state index in [4.69, 9.17) is 9.97 Å². The van der Waals surface area contributed by atoms with E-state index in [1.807, 2.05) is 62.0 Å². The van der Waals surface area contributed by atoms with Crippen LogP contribution in [-0.4, -0.2) is 64.5 Å². The molecule has 1 fully saturated rings. The van der Waals surface area contributed by atoms with Gasteiger partial charge in [-0.05, 0) is 51.2 Å². The molecule has 0 amide bonds. The summed E-state index contributed by atoms with van der Waals surface area (Å²) in [6.07, 6.45) is 7.85. The van der Waals surface area contributed by atoms with Crippen molar-refractivity contribution < 1.29 is 0 Å². The Morgan fingerprint density at radius 1 is 1.03 bits per heavy atom. The number of aromatic nitrogens is 4. The number of nitrogens with one attached hydrogen (secondary N) is 1. The first-order chi connectivity index (χ1) is 16.6. The average Bonchev–Trinajstić information content (AvgIpc) is 3.38. The predicted molar refractivity (Wildman–Crippen MR) is 135 cm³/mol. The largest absolute Gasteiger partial charge is 0.373 e. The molecule has 1 N–H and O–H groups in total. The zero-order valence-corrected chi connectivity index (χ0v) is 19.7. The number of pyridine rings is 1. The Bertz CT molecular complexity index is 1320. The summed E-state index contributed by atoms with van der Waals surface area (Å²) in [4.78, 5) is 19.2. The van der Waals surface area contributed by atoms with Crippen molar-refractivity contribution >= 4 is 17.4 Å². The third-order valence-corrected chi connectivity index (χ3v) is 6.60. The fraction of sp³-hybridized carbons (Fsp3) is 0.308. The van der Waals surface area contributed by atoms with Crippen LogP contribution in [0.1, 0.15) is 18.4 Å². The first kappa shape index (κ1) is 21.9. The van der Waals surface area contributed by atoms with E-state index in [0.717, 1.165) is 65.7 Å². The SMILES string of the molecule is CNc1ccc(-c2c(-c3ccc(C#N)cc3)nc(N3CCC(N(C)C)CC3)n3ccnc23)cn1. The lowest BCUT2D eigenvalue weighted by Crippen LogP contribution is -2.43. The first-order valence-electron chi connectivity index (χ1n) is 11.5. The number of nitriles is 1. The van der Waals surface area contributed by atoms with Crippen LogP contribution in [-0.2, 0) is 0 Å². The van der Waals surface area contributed by atoms with Crippen molar-refractivity contribution in [3.63, 3.8) is 0 Å². The van der Waals surface area contributed by atoms with Gasteiger partial charge in [-0.2, -0.15) is 5.26 Å². The summed E-state index contributed by atoms with van der Waals surface area (Å²) in [5, 5.41) is 12.3. The zero-order chi connectivity index (χ0) is 23.7. The maximum Gasteiger partial charge on any atom is 0.211 e. The zero-order valence-electron chi connectivity index (χ0n) is 19.7. The highest BCUT2D eigenvalue weighted by atomic mass is 15.3. The first-order valence-corrected chi connectivity index (χ1v) is 11.5. The van der Waals surface area contributed by atoms with Gasteiger partial charge in [-0.15, -0.1) is 0 Å². The van der Waals surface area contributed by atoms with Gasteiger partial charge >= 0.3 is 0 Å². The number of rotatable bonds is 5. The van der Waals surface area contributed by atoms with E-state index in [0.29, 0.717) is 11.6 Å². The predicted octanol–water partition coefficient (Wildman–Crippen LogP) is 3.90. The van der Waals surface area contributed by atoms with E-state index in [2.05, 4.69) is 44.7 Å². The number of imidazole rings is 1. The second kappa shape index (κ2) is 9.12. The summed E-state index contributed by atoms with van der Waals surface area (Å²) in [6.45, 7) is 1.88. The number of benzene rings is 1. The number of hydrogen-bond donors (Lipinski definition) is 1. The van der Waals surface area contributed by atoms with Crippen molar-refractivity contribution in [1.82, 2.24) is 24.3 Å². The quantitative estimate of drug-likeness (QED) is 0.491. The minimum atomic E-state index is 0.587. The normalized spacial score (nSPS) is 14.5. The van der Waals surface area contributed by atoms with Gasteiger partial charge in [0.1, 0.15) is 11.5 Å². The van der Waals surface area contributed by atoms with Crippen LogP contribution in [0.4, 0.5) is 11.8 Å². The van der Waals surface area contributed by atoms with Crippen LogP contribution in [0.3, 0.4) is 0 Å². The molecule has 0 spiro atoms. The molecule has 0 atom stereocenters. The van der Waals surface area contributed by atoms with Crippen LogP contribution in [0.15, 0.2) is 55.0 Å². The van der Waals surface area contributed by atoms with Crippen LogP contribution in [0.5, 0.6) is 0 Å². The molecule has 0 radical (unpaired) electrons. The smallest absolute Gasteiger partial charge is 0.211 e. The molecule has 4 aromatic rings. The molecule has 1 aliphatic heterocycles. The van der Waals surface area contributed by atoms with Crippen molar-refractivity contribution in [2.45, 2.75) is 18.9 Å². The molecule has 0 saturated carbocycles. The van der Waals surface area contributed by atoms with E-state index < -0.39 is 0 Å². The summed E-state index contributed by atoms with van der Waals surface area (Å²) in [6, 6.07) is 14.4. The summed E-state index contributed by atoms with van der Waals surface area (Å²) < 4.78 is 2.09. The number of fused-ring (bicyclic) bond motifs is 1. The lowest BCUT2D eigenvalue weighted by atomic mass is 10.00. The third-order valence-electron chi connectivity index (χ3n) is 6.60. The van der Waals surface area contributed by atoms with Crippen LogP contribution in [0.2, 0.25) is 0 Å². The van der Waals surface area contributed by atoms with E-state index >= 15 is 0 Å². The number of anilines is 2. The Balaban J connectivity index is 1.68. The Morgan fingerprint density at radius 2 is 1.76 bits per heavy atom. The molecular formula is C26H28N8. The Labute approximate surface area is 199 Å². The Kier molecular flexibility index (Phi) is 5.86. The summed E-state index contributed by atoms with van der Waals surface area (Å²) in [7, 11) is 6.16. The monoisotopic (exact) mass is 452 g/mol. The molecule has 1 aliphatic rings. The van der Waals surface area contributed by atoms with E-state index in [-0.39, 0.29) is 0 Å². The molecule has 0 bridgehead atoms. The summed E-state index contributed by atoms with van der Waals surface area (Å²) >= 11 is 0. The van der Waals surface area contributed by atoms with Crippen LogP contribution < -0.4 is 10.2 Å². The molecule has 4 heterocycles. The van der Waals surface area contributed by atoms with Gasteiger partial charge in [-0.25, -0.2) is 15.0 Å². The lowest BCUT2D eigenvalue weighted by Gasteiger charge is -2.36. The Hall–Kier alpha value is -3.96. The number of nitrogens with zero attached hydrogens (tertiary/aromatic N) is 7. The molecule has 8 heteroatoms. The molecule has 34 heavy (non-hydrogen) atoms. The Morgan fingerprint density at radius 3 is 2.38 bits per heavy atom. The highest BCUT2D eigenvalue weighted by molar-refractivity contribution is 5.91. The van der Waals surface area contributed by atoms with Gasteiger partial charge in [0.05, 0.1) is 22.9 Å². The molecule has 1 aromatic carbocycles. The minimum Gasteiger partial charge on any atom is -0.373 e. The standard InChI is InChI=1S/C26H28N8/c1-28-22-9-8-20(17-30-22)23-24(19-6-4-18(16-27)5-7-19)31-26(34-15-12-29-25(23)34)33-13-10-21(11-14-33)32(2)3/h4-9,12,15,17,21H,10-11,13-14H2,1-3H3,(H,28,30). The van der Waals surface area contributed by atoms with Gasteiger partial charge < -0.3 is 15.1 Å². The maximum absolute atomic E-state index is 9.27. The third kappa shape index (κ3) is 3.95. The molecule has 1 saturated heterocycles. The van der Waals surface area contributed by atoms with Crippen molar-refractivity contribution in [2.75, 3.05) is 44.4 Å². The molecule has 5 rings (SSSR count). The van der Waals surface area contributed by atoms with E-state index in [1.165, 1.54) is 0 Å². The lowest BCUT2D eigenvalue weighted by molar-refractivity contribution is 0.249. The molecule has 0 unspecified atom stereocenters. The second-order valence-electron chi connectivity index (χ2n) is 8.81. The highest BCUT2D eigenvalue weighted by Gasteiger charge is 2.26. The van der Waals surface area contributed by atoms with Gasteiger partial charge in [-0.1, -0.05) is 12.1 Å². The van der Waals surface area contributed by atoms with Crippen LogP contribution in [0, 0.1) is 11.3 Å². The molecule has 172 valence electrons. The van der Waals surface area contributed by atoms with Crippen molar-refractivity contribution in [2.24, 2.45) is 0 Å². The van der Waals surface area contributed by atoms with Crippen molar-refractivity contribution in [3.8, 4) is 28.5 Å².